The first kappa shape index (κ1) is 24.0. The minimum atomic E-state index is -3.86. The van der Waals surface area contributed by atoms with Crippen molar-refractivity contribution in [2.75, 3.05) is 10.6 Å². The molecule has 0 bridgehead atoms. The fraction of sp³-hybridized carbons (Fsp3) is 0.167. The van der Waals surface area contributed by atoms with Crippen LogP contribution in [0.5, 0.6) is 0 Å². The summed E-state index contributed by atoms with van der Waals surface area (Å²) < 4.78 is 23.7. The number of nitrogen functional groups attached to an aromatic ring is 1. The number of hydrogen-bond donors (Lipinski definition) is 5. The molecule has 9 heteroatoms. The summed E-state index contributed by atoms with van der Waals surface area (Å²) in [4.78, 5) is 12.6. The lowest BCUT2D eigenvalue weighted by molar-refractivity contribution is -0.116. The van der Waals surface area contributed by atoms with Crippen molar-refractivity contribution >= 4 is 33.1 Å². The van der Waals surface area contributed by atoms with Crippen molar-refractivity contribution in [3.05, 3.63) is 78.4 Å². The average Bonchev–Trinajstić information content (AvgIpc) is 2.78. The predicted octanol–water partition coefficient (Wildman–Crippen LogP) is 3.50. The largest absolute Gasteiger partial charge is 0.384 e. The molecule has 0 aliphatic rings. The molecule has 0 aliphatic heterocycles. The van der Waals surface area contributed by atoms with Crippen molar-refractivity contribution in [2.45, 2.75) is 30.7 Å². The molecule has 3 aromatic carbocycles. The number of amidine groups is 1. The van der Waals surface area contributed by atoms with Crippen LogP contribution >= 0.6 is 0 Å². The van der Waals surface area contributed by atoms with Crippen LogP contribution in [-0.4, -0.2) is 26.2 Å². The number of anilines is 2. The molecule has 3 aromatic rings. The third-order valence-electron chi connectivity index (χ3n) is 5.14. The van der Waals surface area contributed by atoms with Gasteiger partial charge in [-0.05, 0) is 42.3 Å². The molecule has 0 saturated carbocycles. The number of hydrogen-bond acceptors (Lipinski definition) is 5. The Balaban J connectivity index is 1.66. The van der Waals surface area contributed by atoms with Gasteiger partial charge in [-0.3, -0.25) is 10.2 Å². The maximum atomic E-state index is 12.6. The Kier molecular flexibility index (Phi) is 7.47. The Morgan fingerprint density at radius 2 is 1.70 bits per heavy atom. The van der Waals surface area contributed by atoms with Gasteiger partial charge < -0.3 is 16.4 Å². The molecule has 0 radical (unpaired) electrons. The fourth-order valence-electron chi connectivity index (χ4n) is 3.43. The summed E-state index contributed by atoms with van der Waals surface area (Å²) in [5.41, 5.74) is 8.73. The van der Waals surface area contributed by atoms with Gasteiger partial charge in [0.05, 0.1) is 4.90 Å². The second-order valence-electron chi connectivity index (χ2n) is 7.61. The summed E-state index contributed by atoms with van der Waals surface area (Å²) in [5, 5.41) is 19.1. The average molecular weight is 466 g/mol. The topological polar surface area (TPSA) is 151 Å². The zero-order valence-corrected chi connectivity index (χ0v) is 19.0. The summed E-state index contributed by atoms with van der Waals surface area (Å²) >= 11 is 0. The second kappa shape index (κ2) is 10.3. The number of rotatable bonds is 9. The Morgan fingerprint density at radius 3 is 2.33 bits per heavy atom. The lowest BCUT2D eigenvalue weighted by atomic mass is 10.1. The zero-order chi connectivity index (χ0) is 24.0. The molecule has 0 unspecified atom stereocenters. The number of carbonyl (C=O) groups excluding carboxylic acids is 1. The zero-order valence-electron chi connectivity index (χ0n) is 18.2. The fourth-order valence-corrected chi connectivity index (χ4v) is 4.19. The third kappa shape index (κ3) is 6.41. The van der Waals surface area contributed by atoms with E-state index in [2.05, 4.69) is 10.6 Å². The van der Waals surface area contributed by atoms with Gasteiger partial charge in [-0.25, -0.2) is 13.6 Å². The predicted molar refractivity (Wildman–Crippen MR) is 132 cm³/mol. The van der Waals surface area contributed by atoms with Crippen molar-refractivity contribution in [1.82, 2.24) is 0 Å². The van der Waals surface area contributed by atoms with E-state index < -0.39 is 10.0 Å². The first-order valence-corrected chi connectivity index (χ1v) is 11.9. The Hall–Kier alpha value is -3.69. The quantitative estimate of drug-likeness (QED) is 0.242. The van der Waals surface area contributed by atoms with Crippen molar-refractivity contribution in [3.8, 4) is 11.1 Å². The van der Waals surface area contributed by atoms with Crippen LogP contribution in [0.1, 0.15) is 25.3 Å². The van der Waals surface area contributed by atoms with Crippen LogP contribution in [0.4, 0.5) is 11.4 Å². The van der Waals surface area contributed by atoms with E-state index in [-0.39, 0.29) is 29.1 Å². The highest BCUT2D eigenvalue weighted by molar-refractivity contribution is 7.89. The normalized spacial score (nSPS) is 12.1. The number of amides is 1. The van der Waals surface area contributed by atoms with Crippen molar-refractivity contribution in [1.29, 1.82) is 5.41 Å². The molecule has 0 aromatic heterocycles. The van der Waals surface area contributed by atoms with Gasteiger partial charge >= 0.3 is 0 Å². The number of primary sulfonamides is 1. The highest BCUT2D eigenvalue weighted by Crippen LogP contribution is 2.27. The Bertz CT molecular complexity index is 1260. The smallest absolute Gasteiger partial charge is 0.238 e. The molecule has 172 valence electrons. The molecule has 1 atom stereocenters. The third-order valence-corrected chi connectivity index (χ3v) is 6.11. The van der Waals surface area contributed by atoms with Crippen LogP contribution in [-0.2, 0) is 14.8 Å². The molecule has 3 rings (SSSR count). The number of sulfonamides is 1. The molecule has 0 spiro atoms. The van der Waals surface area contributed by atoms with Crippen LogP contribution in [0, 0.1) is 5.41 Å². The van der Waals surface area contributed by atoms with E-state index in [1.807, 2.05) is 19.1 Å². The molecule has 0 aliphatic carbocycles. The SMILES string of the molecule is CC[C@@H](CC(=O)Nc1ccc(-c2ccccc2S(N)(=O)=O)cc1)Nc1cccc(C(=N)N)c1. The van der Waals surface area contributed by atoms with E-state index >= 15 is 0 Å². The van der Waals surface area contributed by atoms with Gasteiger partial charge in [0, 0.05) is 35.0 Å². The summed E-state index contributed by atoms with van der Waals surface area (Å²) in [5.74, 6) is -0.172. The van der Waals surface area contributed by atoms with E-state index in [0.717, 1.165) is 12.1 Å². The van der Waals surface area contributed by atoms with Crippen molar-refractivity contribution < 1.29 is 13.2 Å². The van der Waals surface area contributed by atoms with Crippen LogP contribution in [0.3, 0.4) is 0 Å². The minimum absolute atomic E-state index is 0.0143. The Labute approximate surface area is 193 Å². The summed E-state index contributed by atoms with van der Waals surface area (Å²) in [6.07, 6.45) is 0.970. The molecule has 8 nitrogen and oxygen atoms in total. The van der Waals surface area contributed by atoms with Crippen molar-refractivity contribution in [3.63, 3.8) is 0 Å². The van der Waals surface area contributed by atoms with Gasteiger partial charge in [0.25, 0.3) is 0 Å². The number of nitrogens with two attached hydrogens (primary N) is 2. The van der Waals surface area contributed by atoms with Gasteiger partial charge in [0.2, 0.25) is 15.9 Å². The molecular weight excluding hydrogens is 438 g/mol. The van der Waals surface area contributed by atoms with Gasteiger partial charge in [-0.1, -0.05) is 49.4 Å². The number of nitrogens with one attached hydrogen (secondary N) is 3. The van der Waals surface area contributed by atoms with E-state index in [0.29, 0.717) is 22.4 Å². The standard InChI is InChI=1S/C24H27N5O3S/c1-2-18(28-20-7-5-6-17(14-20)24(25)26)15-23(30)29-19-12-10-16(11-13-19)21-8-3-4-9-22(21)33(27,31)32/h3-14,18,28H,2,15H2,1H3,(H3,25,26)(H,29,30)(H2,27,31,32)/t18-/m0/s1. The molecular formula is C24H27N5O3S. The van der Waals surface area contributed by atoms with Crippen LogP contribution in [0.2, 0.25) is 0 Å². The lowest BCUT2D eigenvalue weighted by Crippen LogP contribution is -2.26. The maximum Gasteiger partial charge on any atom is 0.238 e. The van der Waals surface area contributed by atoms with Crippen LogP contribution in [0.25, 0.3) is 11.1 Å². The number of benzene rings is 3. The van der Waals surface area contributed by atoms with Crippen molar-refractivity contribution in [2.24, 2.45) is 10.9 Å². The number of carbonyl (C=O) groups is 1. The Morgan fingerprint density at radius 1 is 1.00 bits per heavy atom. The van der Waals surface area contributed by atoms with E-state index in [1.165, 1.54) is 6.07 Å². The molecule has 1 amide bonds. The first-order valence-electron chi connectivity index (χ1n) is 10.4. The van der Waals surface area contributed by atoms with Crippen LogP contribution < -0.4 is 21.5 Å². The minimum Gasteiger partial charge on any atom is -0.384 e. The monoisotopic (exact) mass is 465 g/mol. The first-order chi connectivity index (χ1) is 15.7. The lowest BCUT2D eigenvalue weighted by Gasteiger charge is -2.18. The molecule has 0 heterocycles. The molecule has 0 saturated heterocycles. The van der Waals surface area contributed by atoms with Gasteiger partial charge in [0.1, 0.15) is 5.84 Å². The molecule has 33 heavy (non-hydrogen) atoms. The van der Waals surface area contributed by atoms with Crippen LogP contribution in [0.15, 0.2) is 77.7 Å². The van der Waals surface area contributed by atoms with E-state index in [1.54, 1.807) is 54.6 Å². The highest BCUT2D eigenvalue weighted by Gasteiger charge is 2.15. The summed E-state index contributed by atoms with van der Waals surface area (Å²) in [6, 6.07) is 20.5. The van der Waals surface area contributed by atoms with Gasteiger partial charge in [-0.15, -0.1) is 0 Å². The van der Waals surface area contributed by atoms with Gasteiger partial charge in [-0.2, -0.15) is 0 Å². The second-order valence-corrected chi connectivity index (χ2v) is 9.14. The highest BCUT2D eigenvalue weighted by atomic mass is 32.2. The summed E-state index contributed by atoms with van der Waals surface area (Å²) in [6.45, 7) is 1.98. The van der Waals surface area contributed by atoms with E-state index in [4.69, 9.17) is 16.3 Å². The molecule has 0 fully saturated rings. The maximum absolute atomic E-state index is 12.6. The molecule has 7 N–H and O–H groups in total. The van der Waals surface area contributed by atoms with E-state index in [9.17, 15) is 13.2 Å². The van der Waals surface area contributed by atoms with Gasteiger partial charge in [0.15, 0.2) is 0 Å². The summed E-state index contributed by atoms with van der Waals surface area (Å²) in [7, 11) is -3.86.